The van der Waals surface area contributed by atoms with E-state index in [9.17, 15) is 27.9 Å². The van der Waals surface area contributed by atoms with Crippen LogP contribution in [0, 0.1) is 24.4 Å². The number of anilines is 1. The first-order chi connectivity index (χ1) is 11.8. The zero-order valence-corrected chi connectivity index (χ0v) is 13.8. The molecule has 0 fully saturated rings. The molecule has 7 nitrogen and oxygen atoms in total. The molecule has 0 aliphatic rings. The van der Waals surface area contributed by atoms with Crippen molar-refractivity contribution in [3.05, 3.63) is 40.2 Å². The number of rotatable bonds is 5. The maximum absolute atomic E-state index is 13.8. The third kappa shape index (κ3) is 3.82. The standard InChI is InChI=1S/C14H12F3N3O4S/c1-5-3-7(15)6(10(17)9(5)16)4-24-11-8(13(21)22)12(25-20-11)19-14(23)18-2/h3H,4H2,1-2H3,(H,21,22)(H2,18,19,23). The second-order valence-electron chi connectivity index (χ2n) is 4.77. The molecule has 0 saturated carbocycles. The SMILES string of the molecule is CNC(=O)Nc1snc(OCc2c(F)cc(C)c(F)c2F)c1C(=O)O. The summed E-state index contributed by atoms with van der Waals surface area (Å²) >= 11 is 0.608. The van der Waals surface area contributed by atoms with E-state index in [0.29, 0.717) is 11.5 Å². The normalized spacial score (nSPS) is 10.4. The molecule has 1 aromatic heterocycles. The summed E-state index contributed by atoms with van der Waals surface area (Å²) in [4.78, 5) is 22.6. The second-order valence-corrected chi connectivity index (χ2v) is 5.55. The molecule has 1 heterocycles. The van der Waals surface area contributed by atoms with Gasteiger partial charge in [0.15, 0.2) is 17.2 Å². The zero-order chi connectivity index (χ0) is 18.7. The summed E-state index contributed by atoms with van der Waals surface area (Å²) in [5.41, 5.74) is -1.40. The molecular weight excluding hydrogens is 363 g/mol. The summed E-state index contributed by atoms with van der Waals surface area (Å²) in [6.07, 6.45) is 0. The van der Waals surface area contributed by atoms with E-state index in [1.54, 1.807) is 0 Å². The minimum absolute atomic E-state index is 0.127. The van der Waals surface area contributed by atoms with Crippen LogP contribution < -0.4 is 15.4 Å². The van der Waals surface area contributed by atoms with Crippen LogP contribution >= 0.6 is 11.5 Å². The van der Waals surface area contributed by atoms with Crippen LogP contribution in [-0.4, -0.2) is 28.5 Å². The second kappa shape index (κ2) is 7.38. The van der Waals surface area contributed by atoms with Gasteiger partial charge in [-0.25, -0.2) is 22.8 Å². The average molecular weight is 375 g/mol. The van der Waals surface area contributed by atoms with Gasteiger partial charge in [0.25, 0.3) is 0 Å². The number of hydrogen-bond donors (Lipinski definition) is 3. The highest BCUT2D eigenvalue weighted by Crippen LogP contribution is 2.31. The molecule has 134 valence electrons. The Labute approximate surface area is 143 Å². The quantitative estimate of drug-likeness (QED) is 0.698. The number of nitrogens with one attached hydrogen (secondary N) is 2. The van der Waals surface area contributed by atoms with Gasteiger partial charge in [0, 0.05) is 7.05 Å². The van der Waals surface area contributed by atoms with Crippen molar-refractivity contribution in [3.8, 4) is 5.88 Å². The lowest BCUT2D eigenvalue weighted by Gasteiger charge is -2.09. The Hall–Kier alpha value is -2.82. The van der Waals surface area contributed by atoms with Crippen LogP contribution in [0.15, 0.2) is 6.07 Å². The van der Waals surface area contributed by atoms with Crippen LogP contribution in [0.5, 0.6) is 5.88 Å². The molecule has 1 aromatic carbocycles. The number of benzene rings is 1. The topological polar surface area (TPSA) is 101 Å². The fraction of sp³-hybridized carbons (Fsp3) is 0.214. The molecule has 0 atom stereocenters. The van der Waals surface area contributed by atoms with E-state index < -0.39 is 53.1 Å². The van der Waals surface area contributed by atoms with E-state index in [4.69, 9.17) is 4.74 Å². The molecule has 0 unspecified atom stereocenters. The van der Waals surface area contributed by atoms with Crippen LogP contribution in [0.1, 0.15) is 21.5 Å². The summed E-state index contributed by atoms with van der Waals surface area (Å²) in [6.45, 7) is 0.421. The number of carbonyl (C=O) groups is 2. The van der Waals surface area contributed by atoms with Crippen LogP contribution in [0.4, 0.5) is 23.0 Å². The fourth-order valence-electron chi connectivity index (χ4n) is 1.84. The molecule has 0 spiro atoms. The van der Waals surface area contributed by atoms with Gasteiger partial charge in [0.2, 0.25) is 5.88 Å². The van der Waals surface area contributed by atoms with Crippen molar-refractivity contribution in [2.24, 2.45) is 0 Å². The molecule has 0 radical (unpaired) electrons. The average Bonchev–Trinajstić information content (AvgIpc) is 2.95. The molecule has 0 saturated heterocycles. The van der Waals surface area contributed by atoms with E-state index in [1.165, 1.54) is 14.0 Å². The number of hydrogen-bond acceptors (Lipinski definition) is 5. The summed E-state index contributed by atoms with van der Waals surface area (Å²) in [7, 11) is 1.33. The number of halogens is 3. The number of nitrogens with zero attached hydrogens (tertiary/aromatic N) is 1. The molecule has 0 aliphatic heterocycles. The summed E-state index contributed by atoms with van der Waals surface area (Å²) < 4.78 is 49.9. The van der Waals surface area contributed by atoms with Gasteiger partial charge < -0.3 is 15.2 Å². The fourth-order valence-corrected chi connectivity index (χ4v) is 2.56. The third-order valence-corrected chi connectivity index (χ3v) is 3.86. The summed E-state index contributed by atoms with van der Waals surface area (Å²) in [6, 6.07) is 0.116. The number of carboxylic acid groups (broad SMARTS) is 1. The van der Waals surface area contributed by atoms with Crippen molar-refractivity contribution in [2.75, 3.05) is 12.4 Å². The Morgan fingerprint density at radius 1 is 1.32 bits per heavy atom. The number of urea groups is 1. The van der Waals surface area contributed by atoms with Gasteiger partial charge in [-0.05, 0) is 30.1 Å². The van der Waals surface area contributed by atoms with Gasteiger partial charge in [-0.3, -0.25) is 5.32 Å². The zero-order valence-electron chi connectivity index (χ0n) is 12.9. The lowest BCUT2D eigenvalue weighted by molar-refractivity contribution is 0.0693. The van der Waals surface area contributed by atoms with Crippen molar-refractivity contribution in [1.29, 1.82) is 0 Å². The van der Waals surface area contributed by atoms with Gasteiger partial charge in [0.05, 0.1) is 5.56 Å². The molecular formula is C14H12F3N3O4S. The van der Waals surface area contributed by atoms with Crippen LogP contribution in [0.25, 0.3) is 0 Å². The Morgan fingerprint density at radius 2 is 2.00 bits per heavy atom. The number of carboxylic acids is 1. The first kappa shape index (κ1) is 18.5. The maximum Gasteiger partial charge on any atom is 0.344 e. The molecule has 2 aromatic rings. The molecule has 2 amide bonds. The van der Waals surface area contributed by atoms with Crippen molar-refractivity contribution in [3.63, 3.8) is 0 Å². The predicted octanol–water partition coefficient (Wildman–Crippen LogP) is 2.90. The van der Waals surface area contributed by atoms with Gasteiger partial charge in [-0.15, -0.1) is 0 Å². The molecule has 2 rings (SSSR count). The van der Waals surface area contributed by atoms with Crippen molar-refractivity contribution in [2.45, 2.75) is 13.5 Å². The molecule has 25 heavy (non-hydrogen) atoms. The van der Waals surface area contributed by atoms with Gasteiger partial charge in [-0.1, -0.05) is 0 Å². The lowest BCUT2D eigenvalue weighted by Crippen LogP contribution is -2.24. The smallest absolute Gasteiger partial charge is 0.344 e. The van der Waals surface area contributed by atoms with Gasteiger partial charge in [0.1, 0.15) is 17.4 Å². The lowest BCUT2D eigenvalue weighted by atomic mass is 10.1. The molecule has 0 bridgehead atoms. The first-order valence-electron chi connectivity index (χ1n) is 6.73. The van der Waals surface area contributed by atoms with Crippen molar-refractivity contribution in [1.82, 2.24) is 9.69 Å². The van der Waals surface area contributed by atoms with E-state index in [1.807, 2.05) is 0 Å². The van der Waals surface area contributed by atoms with E-state index in [2.05, 4.69) is 15.0 Å². The largest absolute Gasteiger partial charge is 0.477 e. The number of aromatic carboxylic acids is 1. The highest BCUT2D eigenvalue weighted by atomic mass is 32.1. The predicted molar refractivity (Wildman–Crippen MR) is 82.5 cm³/mol. The van der Waals surface area contributed by atoms with Gasteiger partial charge in [-0.2, -0.15) is 4.37 Å². The highest BCUT2D eigenvalue weighted by molar-refractivity contribution is 7.11. The molecule has 0 aliphatic carbocycles. The Morgan fingerprint density at radius 3 is 2.60 bits per heavy atom. The Balaban J connectivity index is 2.29. The van der Waals surface area contributed by atoms with E-state index >= 15 is 0 Å². The van der Waals surface area contributed by atoms with Crippen LogP contribution in [-0.2, 0) is 6.61 Å². The summed E-state index contributed by atoms with van der Waals surface area (Å²) in [5, 5.41) is 13.6. The molecule has 3 N–H and O–H groups in total. The van der Waals surface area contributed by atoms with Crippen LogP contribution in [0.3, 0.4) is 0 Å². The van der Waals surface area contributed by atoms with E-state index in [-0.39, 0.29) is 10.6 Å². The monoisotopic (exact) mass is 375 g/mol. The Bertz CT molecular complexity index is 841. The summed E-state index contributed by atoms with van der Waals surface area (Å²) in [5.74, 6) is -5.60. The maximum atomic E-state index is 13.8. The number of amides is 2. The minimum Gasteiger partial charge on any atom is -0.477 e. The first-order valence-corrected chi connectivity index (χ1v) is 7.51. The number of aryl methyl sites for hydroxylation is 1. The van der Waals surface area contributed by atoms with Crippen molar-refractivity contribution >= 4 is 28.5 Å². The van der Waals surface area contributed by atoms with E-state index in [0.717, 1.165) is 6.07 Å². The number of carbonyl (C=O) groups excluding carboxylic acids is 1. The molecule has 11 heteroatoms. The Kier molecular flexibility index (Phi) is 5.47. The highest BCUT2D eigenvalue weighted by Gasteiger charge is 2.24. The minimum atomic E-state index is -1.47. The third-order valence-electron chi connectivity index (χ3n) is 3.12. The van der Waals surface area contributed by atoms with Gasteiger partial charge >= 0.3 is 12.0 Å². The van der Waals surface area contributed by atoms with Crippen molar-refractivity contribution < 1.29 is 32.6 Å². The number of ether oxygens (including phenoxy) is 1. The number of aromatic nitrogens is 1. The van der Waals surface area contributed by atoms with Crippen LogP contribution in [0.2, 0.25) is 0 Å².